The topological polar surface area (TPSA) is 111 Å². The summed E-state index contributed by atoms with van der Waals surface area (Å²) >= 11 is 8.98. The number of benzene rings is 3. The lowest BCUT2D eigenvalue weighted by molar-refractivity contribution is -0.132. The molecule has 3 aromatic carbocycles. The third-order valence-electron chi connectivity index (χ3n) is 8.11. The molecule has 12 heteroatoms. The van der Waals surface area contributed by atoms with Crippen molar-refractivity contribution in [3.63, 3.8) is 0 Å². The zero-order chi connectivity index (χ0) is 33.8. The quantitative estimate of drug-likeness (QED) is 0.0366. The monoisotopic (exact) mass is 705 g/mol. The van der Waals surface area contributed by atoms with E-state index in [0.29, 0.717) is 57.4 Å². The molecular formula is C36H36ClN3O6S2. The van der Waals surface area contributed by atoms with Crippen LogP contribution in [0.3, 0.4) is 0 Å². The normalized spacial score (nSPS) is 18.2. The van der Waals surface area contributed by atoms with Crippen LogP contribution in [0.4, 0.5) is 5.13 Å². The second-order valence-corrected chi connectivity index (χ2v) is 14.1. The van der Waals surface area contributed by atoms with E-state index in [2.05, 4.69) is 17.1 Å². The summed E-state index contributed by atoms with van der Waals surface area (Å²) < 4.78 is 18.5. The van der Waals surface area contributed by atoms with Crippen molar-refractivity contribution in [1.82, 2.24) is 10.2 Å². The predicted molar refractivity (Wildman–Crippen MR) is 189 cm³/mol. The molecule has 1 N–H and O–H groups in total. The molecule has 0 radical (unpaired) electrons. The number of carbonyl (C=O) groups is 2. The standard InChI is InChI=1S/C36H36ClN3O6S2/c1-4-6-9-16-45-28-15-12-22(19-29(28)44-5-2)31-30(32(41)23-13-14-27-25(18-23)17-21(3)46-27)33(42)34(43)40(31)35-38-39-36(48-35)47-20-24-10-7-8-11-26(24)37/h7-8,10-15,18-19,21,31,41H,4-6,9,16-17,20H2,1-3H3/t21-,31-/m1/s1. The zero-order valence-corrected chi connectivity index (χ0v) is 29.3. The number of ether oxygens (including phenoxy) is 3. The van der Waals surface area contributed by atoms with E-state index < -0.39 is 17.7 Å². The fraction of sp³-hybridized carbons (Fsp3) is 0.333. The molecule has 2 atom stereocenters. The molecule has 1 saturated heterocycles. The maximum absolute atomic E-state index is 13.9. The molecule has 2 aliphatic rings. The molecule has 4 aromatic rings. The second-order valence-electron chi connectivity index (χ2n) is 11.5. The average molecular weight is 706 g/mol. The summed E-state index contributed by atoms with van der Waals surface area (Å²) in [4.78, 5) is 29.0. The van der Waals surface area contributed by atoms with Crippen LogP contribution >= 0.6 is 34.7 Å². The summed E-state index contributed by atoms with van der Waals surface area (Å²) in [6.07, 6.45) is 3.70. The van der Waals surface area contributed by atoms with Crippen LogP contribution in [0.15, 0.2) is 70.6 Å². The van der Waals surface area contributed by atoms with Gasteiger partial charge >= 0.3 is 5.91 Å². The molecular weight excluding hydrogens is 670 g/mol. The minimum atomic E-state index is -1.00. The van der Waals surface area contributed by atoms with Crippen LogP contribution in [0, 0.1) is 0 Å². The van der Waals surface area contributed by atoms with Gasteiger partial charge in [0.2, 0.25) is 5.13 Å². The summed E-state index contributed by atoms with van der Waals surface area (Å²) in [7, 11) is 0. The van der Waals surface area contributed by atoms with Crippen molar-refractivity contribution >= 4 is 57.3 Å². The highest BCUT2D eigenvalue weighted by Crippen LogP contribution is 2.46. The Morgan fingerprint density at radius 2 is 1.90 bits per heavy atom. The average Bonchev–Trinajstić information content (AvgIpc) is 3.77. The van der Waals surface area contributed by atoms with Crippen molar-refractivity contribution < 1.29 is 28.9 Å². The highest BCUT2D eigenvalue weighted by Gasteiger charge is 2.48. The number of aliphatic hydroxyl groups is 1. The summed E-state index contributed by atoms with van der Waals surface area (Å²) in [6, 6.07) is 17.2. The van der Waals surface area contributed by atoms with Crippen molar-refractivity contribution in [2.45, 2.75) is 68.7 Å². The third kappa shape index (κ3) is 7.04. The van der Waals surface area contributed by atoms with E-state index in [1.54, 1.807) is 30.3 Å². The van der Waals surface area contributed by atoms with Crippen LogP contribution in [0.2, 0.25) is 5.02 Å². The first-order chi connectivity index (χ1) is 23.3. The Labute approximate surface area is 292 Å². The zero-order valence-electron chi connectivity index (χ0n) is 26.9. The summed E-state index contributed by atoms with van der Waals surface area (Å²) in [5.41, 5.74) is 2.79. The lowest BCUT2D eigenvalue weighted by Crippen LogP contribution is -2.29. The number of anilines is 1. The minimum Gasteiger partial charge on any atom is -0.507 e. The summed E-state index contributed by atoms with van der Waals surface area (Å²) in [5.74, 6) is 0.428. The Bertz CT molecular complexity index is 1860. The van der Waals surface area contributed by atoms with Crippen molar-refractivity contribution in [1.29, 1.82) is 0 Å². The van der Waals surface area contributed by atoms with E-state index in [1.807, 2.05) is 44.2 Å². The SMILES string of the molecule is CCCCCOc1ccc([C@@H]2C(=C(O)c3ccc4c(c3)C[C@@H](C)O4)C(=O)C(=O)N2c2nnc(SCc3ccccc3Cl)s2)cc1OCC. The molecule has 0 saturated carbocycles. The number of thioether (sulfide) groups is 1. The fourth-order valence-corrected chi connectivity index (χ4v) is 7.95. The Morgan fingerprint density at radius 1 is 1.06 bits per heavy atom. The number of aromatic nitrogens is 2. The number of fused-ring (bicyclic) bond motifs is 1. The number of carbonyl (C=O) groups excluding carboxylic acids is 2. The molecule has 250 valence electrons. The van der Waals surface area contributed by atoms with Crippen molar-refractivity contribution in [2.24, 2.45) is 0 Å². The van der Waals surface area contributed by atoms with Crippen molar-refractivity contribution in [3.8, 4) is 17.2 Å². The van der Waals surface area contributed by atoms with E-state index in [0.717, 1.165) is 36.1 Å². The molecule has 1 amide bonds. The van der Waals surface area contributed by atoms with Crippen molar-refractivity contribution in [3.05, 3.63) is 93.5 Å². The van der Waals surface area contributed by atoms with Crippen LogP contribution in [0.5, 0.6) is 17.2 Å². The van der Waals surface area contributed by atoms with E-state index in [9.17, 15) is 14.7 Å². The molecule has 9 nitrogen and oxygen atoms in total. The smallest absolute Gasteiger partial charge is 0.301 e. The molecule has 0 aliphatic carbocycles. The molecule has 0 unspecified atom stereocenters. The van der Waals surface area contributed by atoms with E-state index in [-0.39, 0.29) is 22.6 Å². The maximum atomic E-state index is 13.9. The maximum Gasteiger partial charge on any atom is 0.301 e. The number of Topliss-reactive ketones (excluding diaryl/α,β-unsaturated/α-hetero) is 1. The van der Waals surface area contributed by atoms with Gasteiger partial charge in [-0.15, -0.1) is 10.2 Å². The van der Waals surface area contributed by atoms with Gasteiger partial charge in [0.25, 0.3) is 5.78 Å². The van der Waals surface area contributed by atoms with E-state index in [4.69, 9.17) is 25.8 Å². The Balaban J connectivity index is 1.40. The number of hydrogen-bond donors (Lipinski definition) is 1. The van der Waals surface area contributed by atoms with Gasteiger partial charge in [-0.2, -0.15) is 0 Å². The van der Waals surface area contributed by atoms with Crippen LogP contribution in [-0.2, 0) is 21.8 Å². The molecule has 0 bridgehead atoms. The number of unbranched alkanes of at least 4 members (excludes halogenated alkanes) is 2. The van der Waals surface area contributed by atoms with Gasteiger partial charge in [0.05, 0.1) is 24.8 Å². The number of ketones is 1. The Kier molecular flexibility index (Phi) is 10.6. The molecule has 0 spiro atoms. The van der Waals surface area contributed by atoms with Gasteiger partial charge in [0, 0.05) is 22.8 Å². The van der Waals surface area contributed by atoms with Gasteiger partial charge in [-0.3, -0.25) is 14.5 Å². The second kappa shape index (κ2) is 15.0. The first kappa shape index (κ1) is 33.8. The third-order valence-corrected chi connectivity index (χ3v) is 10.6. The number of nitrogens with zero attached hydrogens (tertiary/aromatic N) is 3. The van der Waals surface area contributed by atoms with Crippen LogP contribution in [0.1, 0.15) is 68.3 Å². The van der Waals surface area contributed by atoms with Crippen LogP contribution in [-0.4, -0.2) is 46.3 Å². The minimum absolute atomic E-state index is 0.00468. The number of halogens is 1. The lowest BCUT2D eigenvalue weighted by atomic mass is 9.94. The first-order valence-electron chi connectivity index (χ1n) is 16.0. The van der Waals surface area contributed by atoms with Crippen LogP contribution in [0.25, 0.3) is 5.76 Å². The highest BCUT2D eigenvalue weighted by atomic mass is 35.5. The van der Waals surface area contributed by atoms with E-state index in [1.165, 1.54) is 28.0 Å². The summed E-state index contributed by atoms with van der Waals surface area (Å²) in [5, 5.41) is 21.3. The van der Waals surface area contributed by atoms with Gasteiger partial charge < -0.3 is 19.3 Å². The van der Waals surface area contributed by atoms with Crippen molar-refractivity contribution in [2.75, 3.05) is 18.1 Å². The Morgan fingerprint density at radius 3 is 2.69 bits per heavy atom. The first-order valence-corrected chi connectivity index (χ1v) is 18.2. The molecule has 1 aromatic heterocycles. The fourth-order valence-electron chi connectivity index (χ4n) is 5.80. The largest absolute Gasteiger partial charge is 0.507 e. The molecule has 2 aliphatic heterocycles. The molecule has 6 rings (SSSR count). The van der Waals surface area contributed by atoms with Gasteiger partial charge in [-0.05, 0) is 73.4 Å². The Hall–Kier alpha value is -4.06. The molecule has 48 heavy (non-hydrogen) atoms. The van der Waals surface area contributed by atoms with Crippen LogP contribution < -0.4 is 19.1 Å². The van der Waals surface area contributed by atoms with Gasteiger partial charge in [-0.25, -0.2) is 0 Å². The van der Waals surface area contributed by atoms with Gasteiger partial charge in [0.15, 0.2) is 15.8 Å². The number of aliphatic hydroxyl groups excluding tert-OH is 1. The number of rotatable bonds is 13. The highest BCUT2D eigenvalue weighted by molar-refractivity contribution is 8.00. The summed E-state index contributed by atoms with van der Waals surface area (Å²) in [6.45, 7) is 6.90. The van der Waals surface area contributed by atoms with Gasteiger partial charge in [-0.1, -0.05) is 78.7 Å². The molecule has 3 heterocycles. The lowest BCUT2D eigenvalue weighted by Gasteiger charge is -2.23. The van der Waals surface area contributed by atoms with Gasteiger partial charge in [0.1, 0.15) is 17.6 Å². The molecule has 1 fully saturated rings. The predicted octanol–water partition coefficient (Wildman–Crippen LogP) is 8.40. The van der Waals surface area contributed by atoms with E-state index >= 15 is 0 Å². The number of hydrogen-bond acceptors (Lipinski definition) is 10. The number of amides is 1.